The van der Waals surface area contributed by atoms with Crippen molar-refractivity contribution in [1.29, 1.82) is 0 Å². The van der Waals surface area contributed by atoms with E-state index in [0.717, 1.165) is 15.0 Å². The SMILES string of the molecule is COCCNc1nnc(SCC(=O)Nc2ccc(C)c(Cl)c2)s1. The average Bonchev–Trinajstić information content (AvgIpc) is 2.97. The molecule has 0 radical (unpaired) electrons. The van der Waals surface area contributed by atoms with Crippen LogP contribution in [-0.2, 0) is 9.53 Å². The third-order valence-corrected chi connectivity index (χ3v) is 5.19. The van der Waals surface area contributed by atoms with E-state index in [4.69, 9.17) is 16.3 Å². The van der Waals surface area contributed by atoms with Gasteiger partial charge in [0, 0.05) is 24.4 Å². The Bertz CT molecular complexity index is 666. The Hall–Kier alpha value is -1.35. The molecule has 1 aromatic heterocycles. The number of aromatic nitrogens is 2. The molecule has 0 aliphatic carbocycles. The van der Waals surface area contributed by atoms with Crippen LogP contribution < -0.4 is 10.6 Å². The zero-order valence-corrected chi connectivity index (χ0v) is 15.1. The highest BCUT2D eigenvalue weighted by Crippen LogP contribution is 2.26. The second-order valence-electron chi connectivity index (χ2n) is 4.59. The number of amides is 1. The van der Waals surface area contributed by atoms with Crippen molar-refractivity contribution < 1.29 is 9.53 Å². The molecule has 2 aromatic rings. The third kappa shape index (κ3) is 5.98. The van der Waals surface area contributed by atoms with Gasteiger partial charge in [0.1, 0.15) is 0 Å². The van der Waals surface area contributed by atoms with Crippen molar-refractivity contribution in [1.82, 2.24) is 10.2 Å². The van der Waals surface area contributed by atoms with Crippen molar-refractivity contribution in [2.75, 3.05) is 36.6 Å². The van der Waals surface area contributed by atoms with Crippen molar-refractivity contribution in [2.45, 2.75) is 11.3 Å². The van der Waals surface area contributed by atoms with E-state index in [1.165, 1.54) is 23.1 Å². The van der Waals surface area contributed by atoms with Crippen LogP contribution in [0.4, 0.5) is 10.8 Å². The number of aryl methyl sites for hydroxylation is 1. The maximum Gasteiger partial charge on any atom is 0.234 e. The summed E-state index contributed by atoms with van der Waals surface area (Å²) in [6.07, 6.45) is 0. The van der Waals surface area contributed by atoms with Gasteiger partial charge in [-0.25, -0.2) is 0 Å². The number of hydrogen-bond donors (Lipinski definition) is 2. The number of rotatable bonds is 8. The predicted molar refractivity (Wildman–Crippen MR) is 95.8 cm³/mol. The van der Waals surface area contributed by atoms with Gasteiger partial charge >= 0.3 is 0 Å². The quantitative estimate of drug-likeness (QED) is 0.547. The first kappa shape index (κ1) is 18.0. The maximum atomic E-state index is 11.9. The van der Waals surface area contributed by atoms with Crippen molar-refractivity contribution in [3.63, 3.8) is 0 Å². The molecule has 0 bridgehead atoms. The highest BCUT2D eigenvalue weighted by atomic mass is 35.5. The van der Waals surface area contributed by atoms with Crippen LogP contribution in [0.5, 0.6) is 0 Å². The molecule has 0 saturated heterocycles. The normalized spacial score (nSPS) is 10.6. The summed E-state index contributed by atoms with van der Waals surface area (Å²) in [6.45, 7) is 3.19. The summed E-state index contributed by atoms with van der Waals surface area (Å²) in [5, 5.41) is 15.3. The minimum Gasteiger partial charge on any atom is -0.383 e. The zero-order valence-electron chi connectivity index (χ0n) is 12.8. The van der Waals surface area contributed by atoms with Crippen LogP contribution in [0.25, 0.3) is 0 Å². The lowest BCUT2D eigenvalue weighted by Gasteiger charge is -2.06. The summed E-state index contributed by atoms with van der Waals surface area (Å²) in [5.41, 5.74) is 1.66. The minimum absolute atomic E-state index is 0.112. The molecule has 124 valence electrons. The van der Waals surface area contributed by atoms with Crippen molar-refractivity contribution in [3.8, 4) is 0 Å². The zero-order chi connectivity index (χ0) is 16.7. The van der Waals surface area contributed by atoms with Crippen molar-refractivity contribution in [3.05, 3.63) is 28.8 Å². The fourth-order valence-corrected chi connectivity index (χ4v) is 3.35. The Balaban J connectivity index is 1.78. The van der Waals surface area contributed by atoms with Gasteiger partial charge in [-0.2, -0.15) is 0 Å². The molecule has 9 heteroatoms. The largest absolute Gasteiger partial charge is 0.383 e. The average molecular weight is 373 g/mol. The molecule has 6 nitrogen and oxygen atoms in total. The molecule has 1 heterocycles. The number of nitrogens with one attached hydrogen (secondary N) is 2. The van der Waals surface area contributed by atoms with Crippen LogP contribution in [0.3, 0.4) is 0 Å². The molecule has 0 spiro atoms. The molecule has 0 unspecified atom stereocenters. The second kappa shape index (κ2) is 9.07. The summed E-state index contributed by atoms with van der Waals surface area (Å²) in [4.78, 5) is 11.9. The van der Waals surface area contributed by atoms with Gasteiger partial charge in [0.2, 0.25) is 11.0 Å². The summed E-state index contributed by atoms with van der Waals surface area (Å²) >= 11 is 8.79. The number of nitrogens with zero attached hydrogens (tertiary/aromatic N) is 2. The Morgan fingerprint density at radius 2 is 2.26 bits per heavy atom. The lowest BCUT2D eigenvalue weighted by Crippen LogP contribution is -2.13. The van der Waals surface area contributed by atoms with Crippen LogP contribution in [0.15, 0.2) is 22.5 Å². The molecule has 1 aromatic carbocycles. The molecule has 0 aliphatic heterocycles. The van der Waals surface area contributed by atoms with E-state index >= 15 is 0 Å². The minimum atomic E-state index is -0.112. The molecule has 0 atom stereocenters. The lowest BCUT2D eigenvalue weighted by molar-refractivity contribution is -0.113. The van der Waals surface area contributed by atoms with Gasteiger partial charge in [0.05, 0.1) is 12.4 Å². The molecule has 2 N–H and O–H groups in total. The van der Waals surface area contributed by atoms with Crippen LogP contribution in [0.2, 0.25) is 5.02 Å². The summed E-state index contributed by atoms with van der Waals surface area (Å²) in [5.74, 6) is 0.150. The molecule has 0 saturated carbocycles. The number of anilines is 2. The van der Waals surface area contributed by atoms with E-state index in [1.54, 1.807) is 13.2 Å². The number of methoxy groups -OCH3 is 1. The Morgan fingerprint density at radius 1 is 1.43 bits per heavy atom. The summed E-state index contributed by atoms with van der Waals surface area (Å²) in [6, 6.07) is 5.43. The summed E-state index contributed by atoms with van der Waals surface area (Å²) in [7, 11) is 1.64. The van der Waals surface area contributed by atoms with Gasteiger partial charge < -0.3 is 15.4 Å². The number of carbonyl (C=O) groups excluding carboxylic acids is 1. The van der Waals surface area contributed by atoms with Gasteiger partial charge in [-0.15, -0.1) is 10.2 Å². The van der Waals surface area contributed by atoms with Gasteiger partial charge in [0.25, 0.3) is 0 Å². The van der Waals surface area contributed by atoms with E-state index in [2.05, 4.69) is 20.8 Å². The van der Waals surface area contributed by atoms with Crippen molar-refractivity contribution in [2.24, 2.45) is 0 Å². The molecule has 1 amide bonds. The third-order valence-electron chi connectivity index (χ3n) is 2.77. The van der Waals surface area contributed by atoms with Gasteiger partial charge in [-0.1, -0.05) is 40.8 Å². The fourth-order valence-electron chi connectivity index (χ4n) is 1.59. The first-order valence-electron chi connectivity index (χ1n) is 6.83. The first-order valence-corrected chi connectivity index (χ1v) is 9.01. The maximum absolute atomic E-state index is 11.9. The second-order valence-corrected chi connectivity index (χ2v) is 7.20. The molecular formula is C14H17ClN4O2S2. The van der Waals surface area contributed by atoms with Crippen LogP contribution in [0.1, 0.15) is 5.56 Å². The number of carbonyl (C=O) groups is 1. The Morgan fingerprint density at radius 3 is 3.00 bits per heavy atom. The van der Waals surface area contributed by atoms with E-state index in [0.29, 0.717) is 23.9 Å². The van der Waals surface area contributed by atoms with Crippen LogP contribution in [0, 0.1) is 6.92 Å². The monoisotopic (exact) mass is 372 g/mol. The number of ether oxygens (including phenoxy) is 1. The van der Waals surface area contributed by atoms with Crippen LogP contribution >= 0.6 is 34.7 Å². The fraction of sp³-hybridized carbons (Fsp3) is 0.357. The number of halogens is 1. The Kier molecular flexibility index (Phi) is 7.10. The lowest BCUT2D eigenvalue weighted by atomic mass is 10.2. The molecule has 23 heavy (non-hydrogen) atoms. The van der Waals surface area contributed by atoms with Gasteiger partial charge in [-0.3, -0.25) is 4.79 Å². The highest BCUT2D eigenvalue weighted by molar-refractivity contribution is 8.01. The van der Waals surface area contributed by atoms with E-state index in [1.807, 2.05) is 19.1 Å². The Labute approximate surface area is 148 Å². The highest BCUT2D eigenvalue weighted by Gasteiger charge is 2.09. The molecule has 0 aliphatic rings. The molecule has 2 rings (SSSR count). The van der Waals surface area contributed by atoms with E-state index < -0.39 is 0 Å². The standard InChI is InChI=1S/C14H17ClN4O2S2/c1-9-3-4-10(7-11(9)15)17-12(20)8-22-14-19-18-13(23-14)16-5-6-21-2/h3-4,7H,5-6,8H2,1-2H3,(H,16,18)(H,17,20). The number of benzene rings is 1. The summed E-state index contributed by atoms with van der Waals surface area (Å²) < 4.78 is 5.69. The van der Waals surface area contributed by atoms with Gasteiger partial charge in [-0.05, 0) is 24.6 Å². The smallest absolute Gasteiger partial charge is 0.234 e. The van der Waals surface area contributed by atoms with Gasteiger partial charge in [0.15, 0.2) is 4.34 Å². The molecular weight excluding hydrogens is 356 g/mol. The van der Waals surface area contributed by atoms with Crippen LogP contribution in [-0.4, -0.2) is 42.1 Å². The number of thioether (sulfide) groups is 1. The first-order chi connectivity index (χ1) is 11.1. The van der Waals surface area contributed by atoms with E-state index in [-0.39, 0.29) is 11.7 Å². The molecule has 0 fully saturated rings. The topological polar surface area (TPSA) is 76.1 Å². The van der Waals surface area contributed by atoms with E-state index in [9.17, 15) is 4.79 Å². The number of hydrogen-bond acceptors (Lipinski definition) is 7. The predicted octanol–water partition coefficient (Wildman–Crippen LogP) is 3.29. The van der Waals surface area contributed by atoms with Crippen molar-refractivity contribution >= 4 is 51.4 Å².